The Balaban J connectivity index is 0. The summed E-state index contributed by atoms with van der Waals surface area (Å²) in [5.74, 6) is -0.719. The van der Waals surface area contributed by atoms with Crippen molar-refractivity contribution in [2.24, 2.45) is 0 Å². The highest BCUT2D eigenvalue weighted by molar-refractivity contribution is 6.17. The van der Waals surface area contributed by atoms with E-state index in [-0.39, 0.29) is 23.7 Å². The van der Waals surface area contributed by atoms with E-state index in [0.717, 1.165) is 16.9 Å². The molecule has 0 aliphatic rings. The number of hydrogen-bond donors (Lipinski definition) is 3. The Kier molecular flexibility index (Phi) is 9.39. The number of alkyl halides is 1. The van der Waals surface area contributed by atoms with Gasteiger partial charge in [0.05, 0.1) is 33.6 Å². The number of quaternary nitrogens is 1. The number of benzene rings is 1. The van der Waals surface area contributed by atoms with Gasteiger partial charge in [-0.15, -0.1) is 11.6 Å². The van der Waals surface area contributed by atoms with Crippen molar-refractivity contribution >= 4 is 23.3 Å². The van der Waals surface area contributed by atoms with Gasteiger partial charge in [-0.2, -0.15) is 0 Å². The van der Waals surface area contributed by atoms with E-state index in [2.05, 4.69) is 21.1 Å². The molecule has 0 fully saturated rings. The molecule has 0 saturated carbocycles. The first-order valence-electron chi connectivity index (χ1n) is 5.35. The summed E-state index contributed by atoms with van der Waals surface area (Å²) in [6.07, 6.45) is 0. The number of hydrogen-bond acceptors (Lipinski definition) is 3. The average molecular weight is 311 g/mol. The van der Waals surface area contributed by atoms with Crippen LogP contribution in [0.2, 0.25) is 0 Å². The van der Waals surface area contributed by atoms with Gasteiger partial charge in [0.15, 0.2) is 0 Å². The van der Waals surface area contributed by atoms with Crippen molar-refractivity contribution in [1.82, 2.24) is 0 Å². The Hall–Kier alpha value is -1.17. The highest BCUT2D eigenvalue weighted by Gasteiger charge is 2.07. The number of carboxylic acids is 1. The number of rotatable bonds is 3. The van der Waals surface area contributed by atoms with Crippen molar-refractivity contribution in [2.75, 3.05) is 39.3 Å². The Morgan fingerprint density at radius 2 is 1.89 bits per heavy atom. The van der Waals surface area contributed by atoms with Crippen LogP contribution < -0.4 is 18.1 Å². The molecule has 0 radical (unpaired) electrons. The second-order valence-electron chi connectivity index (χ2n) is 4.78. The minimum absolute atomic E-state index is 0. The molecule has 0 saturated heterocycles. The quantitative estimate of drug-likeness (QED) is 0.365. The minimum Gasteiger partial charge on any atom is -1.00 e. The summed E-state index contributed by atoms with van der Waals surface area (Å²) >= 11 is 5.47. The molecular formula is C12H20Cl2N2O3. The summed E-state index contributed by atoms with van der Waals surface area (Å²) in [6.45, 7) is 1.04. The first-order chi connectivity index (χ1) is 8.17. The molecule has 1 aromatic rings. The van der Waals surface area contributed by atoms with E-state index in [1.54, 1.807) is 0 Å². The zero-order valence-corrected chi connectivity index (χ0v) is 12.7. The van der Waals surface area contributed by atoms with Gasteiger partial charge in [0.1, 0.15) is 11.3 Å². The number of aromatic hydroxyl groups is 1. The van der Waals surface area contributed by atoms with Gasteiger partial charge in [-0.05, 0) is 12.1 Å². The Bertz CT molecular complexity index is 406. The number of halogens is 2. The molecule has 0 atom stereocenters. The van der Waals surface area contributed by atoms with Crippen LogP contribution in [0.3, 0.4) is 0 Å². The number of carboxylic acid groups (broad SMARTS) is 1. The van der Waals surface area contributed by atoms with Gasteiger partial charge in [-0.1, -0.05) is 0 Å². The topological polar surface area (TPSA) is 83.6 Å². The van der Waals surface area contributed by atoms with Gasteiger partial charge in [0.25, 0.3) is 0 Å². The predicted molar refractivity (Wildman–Crippen MR) is 73.1 cm³/mol. The fourth-order valence-corrected chi connectivity index (χ4v) is 1.49. The molecule has 19 heavy (non-hydrogen) atoms. The molecule has 5 nitrogen and oxygen atoms in total. The van der Waals surface area contributed by atoms with Gasteiger partial charge in [-0.3, -0.25) is 0 Å². The summed E-state index contributed by atoms with van der Waals surface area (Å²) in [4.78, 5) is 10.3. The molecule has 0 aromatic heterocycles. The van der Waals surface area contributed by atoms with Gasteiger partial charge in [-0.25, -0.2) is 4.79 Å². The van der Waals surface area contributed by atoms with E-state index in [1.807, 2.05) is 0 Å². The van der Waals surface area contributed by atoms with Crippen molar-refractivity contribution in [2.45, 2.75) is 0 Å². The second kappa shape index (κ2) is 8.85. The molecule has 1 rings (SSSR count). The molecule has 110 valence electrons. The van der Waals surface area contributed by atoms with E-state index in [1.165, 1.54) is 18.2 Å². The Labute approximate surface area is 124 Å². The van der Waals surface area contributed by atoms with Gasteiger partial charge < -0.3 is 32.8 Å². The summed E-state index contributed by atoms with van der Waals surface area (Å²) < 4.78 is 0.962. The third-order valence-corrected chi connectivity index (χ3v) is 2.18. The summed E-state index contributed by atoms with van der Waals surface area (Å²) in [7, 11) is 6.38. The lowest BCUT2D eigenvalue weighted by Crippen LogP contribution is -3.00. The van der Waals surface area contributed by atoms with Crippen LogP contribution in [0.25, 0.3) is 0 Å². The maximum absolute atomic E-state index is 10.3. The Morgan fingerprint density at radius 3 is 2.16 bits per heavy atom. The molecule has 7 heteroatoms. The van der Waals surface area contributed by atoms with E-state index < -0.39 is 5.97 Å². The van der Waals surface area contributed by atoms with E-state index in [4.69, 9.17) is 27.5 Å². The fraction of sp³-hybridized carbons (Fsp3) is 0.417. The standard InChI is InChI=1S/C7H7NO3.C5H13ClN.ClH/c8-4-1-2-5(7(10)11)6(9)3-4;1-7(2,3)5-4-6;/h1-3,9H,8H2,(H,10,11);4-5H2,1-3H3;1H/q;+1;/p-1. The van der Waals surface area contributed by atoms with Gasteiger partial charge in [0, 0.05) is 11.8 Å². The third kappa shape index (κ3) is 9.41. The van der Waals surface area contributed by atoms with Crippen LogP contribution in [0.5, 0.6) is 5.75 Å². The SMILES string of the molecule is C[N+](C)(C)CCCl.Nc1ccc(C(=O)O)c(O)c1.[Cl-]. The van der Waals surface area contributed by atoms with Crippen LogP contribution in [0, 0.1) is 0 Å². The smallest absolute Gasteiger partial charge is 0.339 e. The fourth-order valence-electron chi connectivity index (χ4n) is 0.983. The lowest BCUT2D eigenvalue weighted by atomic mass is 10.2. The molecule has 0 aliphatic carbocycles. The molecule has 4 N–H and O–H groups in total. The molecular weight excluding hydrogens is 291 g/mol. The van der Waals surface area contributed by atoms with Gasteiger partial charge in [0.2, 0.25) is 0 Å². The first kappa shape index (κ1) is 20.2. The lowest BCUT2D eigenvalue weighted by molar-refractivity contribution is -0.867. The lowest BCUT2D eigenvalue weighted by Gasteiger charge is -2.21. The van der Waals surface area contributed by atoms with Crippen LogP contribution in [0.15, 0.2) is 18.2 Å². The van der Waals surface area contributed by atoms with Crippen LogP contribution in [-0.2, 0) is 0 Å². The van der Waals surface area contributed by atoms with E-state index in [9.17, 15) is 4.79 Å². The van der Waals surface area contributed by atoms with Crippen LogP contribution >= 0.6 is 11.6 Å². The maximum atomic E-state index is 10.3. The number of nitrogen functional groups attached to an aromatic ring is 1. The van der Waals surface area contributed by atoms with Crippen molar-refractivity contribution in [3.8, 4) is 5.75 Å². The molecule has 0 unspecified atom stereocenters. The second-order valence-corrected chi connectivity index (χ2v) is 5.16. The molecule has 1 aromatic carbocycles. The van der Waals surface area contributed by atoms with Crippen LogP contribution in [0.1, 0.15) is 10.4 Å². The number of nitrogens with two attached hydrogens (primary N) is 1. The number of aromatic carboxylic acids is 1. The first-order valence-corrected chi connectivity index (χ1v) is 5.89. The van der Waals surface area contributed by atoms with Crippen molar-refractivity contribution in [3.05, 3.63) is 23.8 Å². The largest absolute Gasteiger partial charge is 1.00 e. The zero-order chi connectivity index (χ0) is 14.3. The highest BCUT2D eigenvalue weighted by atomic mass is 35.5. The number of phenols is 1. The zero-order valence-electron chi connectivity index (χ0n) is 11.2. The van der Waals surface area contributed by atoms with Crippen LogP contribution in [0.4, 0.5) is 5.69 Å². The number of anilines is 1. The maximum Gasteiger partial charge on any atom is 0.339 e. The minimum atomic E-state index is -1.16. The summed E-state index contributed by atoms with van der Waals surface area (Å²) in [6, 6.07) is 3.87. The average Bonchev–Trinajstić information content (AvgIpc) is 2.15. The van der Waals surface area contributed by atoms with Gasteiger partial charge >= 0.3 is 5.97 Å². The highest BCUT2D eigenvalue weighted by Crippen LogP contribution is 2.19. The molecule has 0 bridgehead atoms. The number of nitrogens with zero attached hydrogens (tertiary/aromatic N) is 1. The Morgan fingerprint density at radius 1 is 1.37 bits per heavy atom. The monoisotopic (exact) mass is 310 g/mol. The van der Waals surface area contributed by atoms with Crippen LogP contribution in [-0.4, -0.2) is 54.2 Å². The molecule has 0 spiro atoms. The summed E-state index contributed by atoms with van der Waals surface area (Å²) in [5.41, 5.74) is 5.48. The third-order valence-electron chi connectivity index (χ3n) is 2.01. The van der Waals surface area contributed by atoms with Crippen molar-refractivity contribution < 1.29 is 31.9 Å². The van der Waals surface area contributed by atoms with E-state index >= 15 is 0 Å². The van der Waals surface area contributed by atoms with Crippen molar-refractivity contribution in [1.29, 1.82) is 0 Å². The number of carbonyl (C=O) groups is 1. The summed E-state index contributed by atoms with van der Waals surface area (Å²) in [5, 5.41) is 17.5. The molecule has 0 amide bonds. The molecule has 0 aliphatic heterocycles. The predicted octanol–water partition coefficient (Wildman–Crippen LogP) is -1.39. The molecule has 0 heterocycles. The van der Waals surface area contributed by atoms with E-state index in [0.29, 0.717) is 5.69 Å². The normalized spacial score (nSPS) is 9.89. The van der Waals surface area contributed by atoms with Crippen molar-refractivity contribution in [3.63, 3.8) is 0 Å².